The van der Waals surface area contributed by atoms with Gasteiger partial charge in [-0.05, 0) is 89.3 Å². The van der Waals surface area contributed by atoms with Crippen molar-refractivity contribution < 1.29 is 38.4 Å². The number of thiazole rings is 2. The minimum atomic E-state index is -0.649. The lowest BCUT2D eigenvalue weighted by atomic mass is 10.1. The third-order valence-electron chi connectivity index (χ3n) is 6.60. The Labute approximate surface area is 302 Å². The first-order valence-electron chi connectivity index (χ1n) is 16.6. The summed E-state index contributed by atoms with van der Waals surface area (Å²) in [6.07, 6.45) is 3.15. The number of alkyl carbamates (subject to hydrolysis) is 1. The summed E-state index contributed by atoms with van der Waals surface area (Å²) in [5.41, 5.74) is 3.42. The van der Waals surface area contributed by atoms with Crippen LogP contribution in [0.4, 0.5) is 4.79 Å². The van der Waals surface area contributed by atoms with Gasteiger partial charge in [0.05, 0.1) is 28.0 Å². The fourth-order valence-corrected chi connectivity index (χ4v) is 5.44. The predicted octanol–water partition coefficient (Wildman–Crippen LogP) is 7.00. The lowest BCUT2D eigenvalue weighted by Gasteiger charge is -2.19. The van der Waals surface area contributed by atoms with Crippen molar-refractivity contribution in [3.05, 3.63) is 91.8 Å². The Kier molecular flexibility index (Phi) is 17.7. The molecule has 0 spiro atoms. The van der Waals surface area contributed by atoms with Crippen LogP contribution in [0.5, 0.6) is 11.5 Å². The Morgan fingerprint density at radius 1 is 0.820 bits per heavy atom. The van der Waals surface area contributed by atoms with E-state index >= 15 is 0 Å². The number of hydrogen-bond donors (Lipinski definition) is 2. The van der Waals surface area contributed by atoms with Crippen molar-refractivity contribution in [2.75, 3.05) is 33.0 Å². The molecule has 0 unspecified atom stereocenters. The second-order valence-corrected chi connectivity index (χ2v) is 14.3. The fourth-order valence-electron chi connectivity index (χ4n) is 4.24. The Hall–Kier alpha value is -4.04. The highest BCUT2D eigenvalue weighted by Crippen LogP contribution is 2.17. The zero-order valence-electron chi connectivity index (χ0n) is 29.6. The van der Waals surface area contributed by atoms with Crippen molar-refractivity contribution in [3.63, 3.8) is 0 Å². The quantitative estimate of drug-likeness (QED) is 0.139. The first kappa shape index (κ1) is 40.4. The molecule has 3 heterocycles. The minimum absolute atomic E-state index is 0.179. The average Bonchev–Trinajstić information content (AvgIpc) is 3.88. The van der Waals surface area contributed by atoms with Gasteiger partial charge in [0.25, 0.3) is 0 Å². The van der Waals surface area contributed by atoms with Crippen LogP contribution >= 0.6 is 22.7 Å². The maximum absolute atomic E-state index is 11.6. The van der Waals surface area contributed by atoms with Gasteiger partial charge < -0.3 is 34.1 Å². The molecule has 0 bridgehead atoms. The van der Waals surface area contributed by atoms with Crippen molar-refractivity contribution in [2.24, 2.45) is 0 Å². The molecule has 13 heteroatoms. The summed E-state index contributed by atoms with van der Waals surface area (Å²) in [6, 6.07) is 15.4. The summed E-state index contributed by atoms with van der Waals surface area (Å²) in [6.45, 7) is 12.3. The topological polar surface area (TPSA) is 138 Å². The van der Waals surface area contributed by atoms with Crippen LogP contribution in [0.2, 0.25) is 0 Å². The van der Waals surface area contributed by atoms with Crippen LogP contribution in [0.15, 0.2) is 59.3 Å². The maximum atomic E-state index is 11.6. The molecule has 272 valence electrons. The number of amides is 1. The molecule has 4 aromatic rings. The smallest absolute Gasteiger partial charge is 0.407 e. The normalized spacial score (nSPS) is 12.1. The van der Waals surface area contributed by atoms with Gasteiger partial charge in [-0.2, -0.15) is 0 Å². The third kappa shape index (κ3) is 17.6. The summed E-state index contributed by atoms with van der Waals surface area (Å²) in [7, 11) is 0. The number of carbonyl (C=O) groups excluding carboxylic acids is 2. The van der Waals surface area contributed by atoms with Gasteiger partial charge in [0, 0.05) is 37.0 Å². The zero-order valence-corrected chi connectivity index (χ0v) is 31.2. The number of nitrogens with zero attached hydrogens (tertiary/aromatic N) is 2. The van der Waals surface area contributed by atoms with E-state index in [0.717, 1.165) is 57.2 Å². The average molecular weight is 728 g/mol. The largest absolute Gasteiger partial charge is 0.487 e. The molecule has 1 amide bonds. The Balaban J connectivity index is 0.000000257. The molecule has 0 radical (unpaired) electrons. The van der Waals surface area contributed by atoms with Gasteiger partial charge in [-0.1, -0.05) is 24.3 Å². The number of hydrogen-bond acceptors (Lipinski definition) is 12. The van der Waals surface area contributed by atoms with E-state index in [1.807, 2.05) is 73.1 Å². The van der Waals surface area contributed by atoms with Gasteiger partial charge in [0.1, 0.15) is 36.9 Å². The zero-order chi connectivity index (χ0) is 36.2. The fraction of sp³-hybridized carbons (Fsp3) is 0.459. The monoisotopic (exact) mass is 727 g/mol. The number of esters is 1. The van der Waals surface area contributed by atoms with E-state index in [-0.39, 0.29) is 19.8 Å². The van der Waals surface area contributed by atoms with E-state index in [9.17, 15) is 9.59 Å². The summed E-state index contributed by atoms with van der Waals surface area (Å²) >= 11 is 3.23. The maximum Gasteiger partial charge on any atom is 0.407 e. The molecule has 1 fully saturated rings. The highest BCUT2D eigenvalue weighted by Gasteiger charge is 2.17. The highest BCUT2D eigenvalue weighted by atomic mass is 32.1. The van der Waals surface area contributed by atoms with Crippen molar-refractivity contribution in [2.45, 2.75) is 79.1 Å². The summed E-state index contributed by atoms with van der Waals surface area (Å²) < 4.78 is 26.4. The number of benzene rings is 2. The van der Waals surface area contributed by atoms with Crippen LogP contribution in [0.25, 0.3) is 0 Å². The number of aromatic nitrogens is 2. The molecule has 0 aliphatic carbocycles. The van der Waals surface area contributed by atoms with Crippen molar-refractivity contribution in [3.8, 4) is 11.5 Å². The van der Waals surface area contributed by atoms with Crippen LogP contribution in [0, 0.1) is 13.8 Å². The summed E-state index contributed by atoms with van der Waals surface area (Å²) in [5, 5.41) is 17.2. The molecule has 1 aliphatic heterocycles. The number of carbonyl (C=O) groups is 2. The number of ether oxygens (including phenoxy) is 5. The number of rotatable bonds is 13. The van der Waals surface area contributed by atoms with E-state index in [4.69, 9.17) is 28.8 Å². The lowest BCUT2D eigenvalue weighted by molar-refractivity contribution is -0.153. The first-order valence-corrected chi connectivity index (χ1v) is 18.3. The Morgan fingerprint density at radius 3 is 1.72 bits per heavy atom. The molecule has 2 N–H and O–H groups in total. The standard InChI is InChI=1S/C20H26N2O5S.C13H15NO2S.C4H8O/c1-14-22-16(13-28-14)12-26-17-7-5-15(6-8-17)9-10-25-19(24)21-11-18(23)27-20(2,3)4;1-10-14-12(9-17-10)8-16-13-4-2-11(3-5-13)6-7-15;1-2-4-5-3-1/h5-8,13H,9-12H2,1-4H3,(H,21,24);2-5,9,15H,6-8H2,1H3;1-4H2. The number of aryl methyl sites for hydroxylation is 2. The van der Waals surface area contributed by atoms with Gasteiger partial charge in [-0.15, -0.1) is 22.7 Å². The lowest BCUT2D eigenvalue weighted by Crippen LogP contribution is -2.35. The van der Waals surface area contributed by atoms with Gasteiger partial charge in [0.2, 0.25) is 0 Å². The second kappa shape index (κ2) is 21.9. The van der Waals surface area contributed by atoms with Gasteiger partial charge in [-0.25, -0.2) is 14.8 Å². The van der Waals surface area contributed by atoms with Gasteiger partial charge in [0.15, 0.2) is 0 Å². The number of aliphatic hydroxyl groups is 1. The van der Waals surface area contributed by atoms with Crippen molar-refractivity contribution in [1.29, 1.82) is 0 Å². The van der Waals surface area contributed by atoms with E-state index < -0.39 is 17.7 Å². The van der Waals surface area contributed by atoms with Crippen LogP contribution in [-0.4, -0.2) is 65.7 Å². The van der Waals surface area contributed by atoms with E-state index in [2.05, 4.69) is 15.3 Å². The summed E-state index contributed by atoms with van der Waals surface area (Å²) in [4.78, 5) is 31.8. The van der Waals surface area contributed by atoms with Gasteiger partial charge in [-0.3, -0.25) is 4.79 Å². The van der Waals surface area contributed by atoms with Crippen molar-refractivity contribution >= 4 is 34.7 Å². The molecular weight excluding hydrogens is 679 g/mol. The van der Waals surface area contributed by atoms with E-state index in [1.165, 1.54) is 12.8 Å². The predicted molar refractivity (Wildman–Crippen MR) is 195 cm³/mol. The minimum Gasteiger partial charge on any atom is -0.487 e. The molecule has 0 atom stereocenters. The molecule has 5 rings (SSSR count). The SMILES string of the molecule is C1CCOC1.Cc1nc(COc2ccc(CCO)cc2)cs1.Cc1nc(COc2ccc(CCOC(=O)NCC(=O)OC(C)(C)C)cc2)cs1. The first-order chi connectivity index (χ1) is 24.0. The van der Waals surface area contributed by atoms with E-state index in [1.54, 1.807) is 43.4 Å². The number of aliphatic hydroxyl groups excluding tert-OH is 1. The van der Waals surface area contributed by atoms with E-state index in [0.29, 0.717) is 26.1 Å². The Bertz CT molecular complexity index is 1540. The highest BCUT2D eigenvalue weighted by molar-refractivity contribution is 7.09. The van der Waals surface area contributed by atoms with Crippen LogP contribution in [0.3, 0.4) is 0 Å². The molecular formula is C37H49N3O8S2. The molecule has 0 saturated carbocycles. The van der Waals surface area contributed by atoms with Crippen LogP contribution in [0.1, 0.15) is 66.1 Å². The third-order valence-corrected chi connectivity index (χ3v) is 8.25. The van der Waals surface area contributed by atoms with Crippen LogP contribution in [-0.2, 0) is 45.1 Å². The summed E-state index contributed by atoms with van der Waals surface area (Å²) in [5.74, 6) is 1.08. The van der Waals surface area contributed by atoms with Gasteiger partial charge >= 0.3 is 12.1 Å². The van der Waals surface area contributed by atoms with Crippen LogP contribution < -0.4 is 14.8 Å². The molecule has 11 nitrogen and oxygen atoms in total. The number of nitrogens with one attached hydrogen (secondary N) is 1. The molecule has 1 saturated heterocycles. The van der Waals surface area contributed by atoms with Crippen molar-refractivity contribution in [1.82, 2.24) is 15.3 Å². The Morgan fingerprint density at radius 2 is 1.32 bits per heavy atom. The molecule has 2 aromatic carbocycles. The molecule has 2 aromatic heterocycles. The second-order valence-electron chi connectivity index (χ2n) is 12.2. The molecule has 1 aliphatic rings. The molecule has 50 heavy (non-hydrogen) atoms.